The number of alkyl halides is 16. The van der Waals surface area contributed by atoms with Crippen LogP contribution >= 0.6 is 0 Å². The van der Waals surface area contributed by atoms with Gasteiger partial charge in [-0.15, -0.1) is 0 Å². The number of halogens is 20. The average molecular weight is 1570 g/mol. The Morgan fingerprint density at radius 1 is 0.486 bits per heavy atom. The van der Waals surface area contributed by atoms with Crippen molar-refractivity contribution in [1.29, 1.82) is 0 Å². The number of aliphatic imine (C=N–C) groups is 4. The number of rotatable bonds is 14. The van der Waals surface area contributed by atoms with E-state index < -0.39 is 211 Å². The Labute approximate surface area is 601 Å². The number of nitrogens with two attached hydrogens (primary N) is 3. The number of hydrogen-bond acceptors (Lipinski definition) is 19. The summed E-state index contributed by atoms with van der Waals surface area (Å²) in [4.78, 5) is 49.3. The number of amidine groups is 4. The molecule has 5 aromatic carbocycles. The van der Waals surface area contributed by atoms with Crippen LogP contribution in [0.25, 0.3) is 4.85 Å². The van der Waals surface area contributed by atoms with Crippen molar-refractivity contribution in [1.82, 2.24) is 15.3 Å². The van der Waals surface area contributed by atoms with Gasteiger partial charge >= 0.3 is 24.7 Å². The maximum Gasteiger partial charge on any atom is 0.425 e. The van der Waals surface area contributed by atoms with Crippen LogP contribution in [0.4, 0.5) is 93.5 Å². The van der Waals surface area contributed by atoms with Crippen molar-refractivity contribution in [2.75, 3.05) is 26.7 Å². The topological polar surface area (TPSA) is 300 Å². The highest BCUT2D eigenvalue weighted by atomic mass is 19.4. The van der Waals surface area contributed by atoms with Crippen LogP contribution in [0.5, 0.6) is 34.8 Å². The molecule has 0 unspecified atom stereocenters. The second-order valence-corrected chi connectivity index (χ2v) is 23.9. The lowest BCUT2D eigenvalue weighted by atomic mass is 9.84. The summed E-state index contributed by atoms with van der Waals surface area (Å²) >= 11 is 0. The van der Waals surface area contributed by atoms with Gasteiger partial charge < -0.3 is 55.8 Å². The van der Waals surface area contributed by atoms with Crippen LogP contribution in [0.1, 0.15) is 75.6 Å². The number of ketones is 1. The van der Waals surface area contributed by atoms with Gasteiger partial charge in [0.25, 0.3) is 30.0 Å². The SMILES string of the molecule is CC(=O)c1ccnc(Oc2ccc(F)c([C@]3(CF)C[C@@H](C(F)(F)F)OC(N)=N3)c2)c1.NC1=N[C@](CF)(c2cc(O)ccc2F)C[C@@H](C(F)(F)F)O1.O=C(NC1=N[C@](CF)(c2cc(O)ccc2F)C[C@@H](C(F)(F)F)O1)c1ccccc1.[C-]#[N+]c1ccnc(Oc2ccc(F)c([C@]3(CF)C[C@@H](C(F)(F)F)OC(N)=N3)c2)c1. The van der Waals surface area contributed by atoms with Gasteiger partial charge in [0.1, 0.15) is 95.1 Å². The smallest absolute Gasteiger partial charge is 0.425 e. The number of pyridine rings is 2. The molecule has 0 saturated heterocycles. The Morgan fingerprint density at radius 3 is 1.20 bits per heavy atom. The van der Waals surface area contributed by atoms with Gasteiger partial charge in [-0.25, -0.2) is 69.9 Å². The lowest BCUT2D eigenvalue weighted by Crippen LogP contribution is -2.50. The Morgan fingerprint density at radius 2 is 0.835 bits per heavy atom. The molecule has 11 rings (SSSR count). The Hall–Kier alpha value is -11.9. The van der Waals surface area contributed by atoms with Crippen LogP contribution in [0.3, 0.4) is 0 Å². The number of hydrogen-bond donors (Lipinski definition) is 6. The predicted molar refractivity (Wildman–Crippen MR) is 343 cm³/mol. The first kappa shape index (κ1) is 82.8. The maximum atomic E-state index is 14.5. The van der Waals surface area contributed by atoms with E-state index in [0.717, 1.165) is 60.7 Å². The fourth-order valence-electron chi connectivity index (χ4n) is 11.0. The van der Waals surface area contributed by atoms with E-state index in [-0.39, 0.29) is 40.3 Å². The number of aromatic nitrogens is 2. The van der Waals surface area contributed by atoms with E-state index in [2.05, 4.69) is 54.3 Å². The third kappa shape index (κ3) is 20.0. The second-order valence-electron chi connectivity index (χ2n) is 23.9. The molecule has 582 valence electrons. The lowest BCUT2D eigenvalue weighted by Gasteiger charge is -2.37. The summed E-state index contributed by atoms with van der Waals surface area (Å²) in [5.41, 5.74) is 5.40. The standard InChI is InChI=1S/C19H16F5N3O3.C19H15F5N2O3.C18H13F5N4O2.C12H11F5N2O2/c1-10(28)11-4-5-26-16(6-11)29-12-2-3-14(21)13(7-12)18(9-20)8-15(19(22,23)24)30-17(25)27-18;20-10-18(13-8-12(27)6-7-14(13)21)9-15(19(22,23)24)29-17(26-18)25-16(28)11-4-2-1-3-5-11;1-25-10-4-5-26-15(6-10)28-11-2-3-13(20)12(7-11)17(9-19)8-14(18(21,22)23)29-16(24)27-17;13-5-11(7-3-6(20)1-2-8(7)14)4-9(12(15,16)17)21-10(18)19-11/h2-7,15H,8-9H2,1H3,(H2,25,27);1-8,15,27H,9-10H2,(H,25,26,28);2-7,14H,8-9H2,(H2,24,27);1-3,9,20H,4-5H2,(H2,18,19)/t2*15-,18+;14-,17+;9-,11+/m0000/s1. The molecule has 0 radical (unpaired) electrons. The lowest BCUT2D eigenvalue weighted by molar-refractivity contribution is -0.209. The molecule has 2 aromatic heterocycles. The number of phenolic OH excluding ortho intramolecular Hbond substituents is 2. The highest BCUT2D eigenvalue weighted by molar-refractivity contribution is 6.04. The number of Topliss-reactive ketones (excluding diaryl/α,β-unsaturated/α-hetero) is 1. The molecule has 8 atom stereocenters. The van der Waals surface area contributed by atoms with Crippen molar-refractivity contribution < 1.29 is 136 Å². The van der Waals surface area contributed by atoms with Crippen LogP contribution in [0, 0.1) is 29.8 Å². The van der Waals surface area contributed by atoms with Gasteiger partial charge in [0.05, 0.1) is 6.57 Å². The number of nitrogens with zero attached hydrogens (tertiary/aromatic N) is 7. The molecular weight excluding hydrogens is 1510 g/mol. The number of phenols is 2. The van der Waals surface area contributed by atoms with Gasteiger partial charge in [-0.3, -0.25) is 14.9 Å². The first-order chi connectivity index (χ1) is 51.0. The third-order valence-electron chi connectivity index (χ3n) is 16.2. The van der Waals surface area contributed by atoms with Gasteiger partial charge in [-0.1, -0.05) is 18.2 Å². The van der Waals surface area contributed by atoms with Gasteiger partial charge in [-0.05, 0) is 104 Å². The fourth-order valence-corrected chi connectivity index (χ4v) is 11.0. The number of ether oxygens (including phenoxy) is 6. The Balaban J connectivity index is 0.000000184. The van der Waals surface area contributed by atoms with Gasteiger partial charge in [0.15, 0.2) is 35.9 Å². The van der Waals surface area contributed by atoms with Crippen LogP contribution in [-0.2, 0) is 41.1 Å². The minimum absolute atomic E-state index is 0.00600. The van der Waals surface area contributed by atoms with Crippen LogP contribution in [0.15, 0.2) is 160 Å². The van der Waals surface area contributed by atoms with E-state index in [9.17, 15) is 108 Å². The van der Waals surface area contributed by atoms with Crippen molar-refractivity contribution in [2.45, 2.75) is 104 Å². The molecular formula is C68H55F20N11O10. The molecule has 109 heavy (non-hydrogen) atoms. The predicted octanol–water partition coefficient (Wildman–Crippen LogP) is 14.6. The quantitative estimate of drug-likeness (QED) is 0.0335. The van der Waals surface area contributed by atoms with Crippen molar-refractivity contribution in [3.63, 3.8) is 0 Å². The molecule has 6 heterocycles. The summed E-state index contributed by atoms with van der Waals surface area (Å²) in [5.74, 6) is -6.12. The zero-order valence-electron chi connectivity index (χ0n) is 55.3. The van der Waals surface area contributed by atoms with E-state index in [1.165, 1.54) is 80.0 Å². The molecule has 4 aliphatic rings. The number of aromatic hydroxyl groups is 2. The van der Waals surface area contributed by atoms with Crippen molar-refractivity contribution >= 4 is 41.5 Å². The van der Waals surface area contributed by atoms with E-state index in [4.69, 9.17) is 38.0 Å². The molecule has 21 nitrogen and oxygen atoms in total. The van der Waals surface area contributed by atoms with Crippen LogP contribution in [-0.4, -0.2) is 132 Å². The van der Waals surface area contributed by atoms with E-state index in [0.29, 0.717) is 5.56 Å². The number of carbonyl (C=O) groups excluding carboxylic acids is 2. The third-order valence-corrected chi connectivity index (χ3v) is 16.2. The maximum absolute atomic E-state index is 14.5. The Bertz CT molecular complexity index is 4630. The van der Waals surface area contributed by atoms with Crippen LogP contribution in [0.2, 0.25) is 0 Å². The molecule has 0 saturated carbocycles. The normalized spacial score (nSPS) is 22.5. The number of amides is 1. The molecule has 0 fully saturated rings. The minimum atomic E-state index is -4.94. The van der Waals surface area contributed by atoms with Gasteiger partial charge in [0.2, 0.25) is 11.8 Å². The van der Waals surface area contributed by atoms with E-state index in [1.807, 2.05) is 0 Å². The van der Waals surface area contributed by atoms with Crippen LogP contribution < -0.4 is 32.0 Å². The monoisotopic (exact) mass is 1570 g/mol. The zero-order valence-corrected chi connectivity index (χ0v) is 55.3. The summed E-state index contributed by atoms with van der Waals surface area (Å²) in [6, 6.07) is 20.9. The first-order valence-electron chi connectivity index (χ1n) is 31.0. The number of carbonyl (C=O) groups is 2. The van der Waals surface area contributed by atoms with Crippen molar-refractivity contribution in [2.24, 2.45) is 37.2 Å². The highest BCUT2D eigenvalue weighted by Gasteiger charge is 2.56. The summed E-state index contributed by atoms with van der Waals surface area (Å²) in [6.45, 7) is 2.46. The number of benzene rings is 5. The van der Waals surface area contributed by atoms with E-state index in [1.54, 1.807) is 6.07 Å². The first-order valence-corrected chi connectivity index (χ1v) is 31.0. The zero-order chi connectivity index (χ0) is 80.4. The molecule has 0 aliphatic carbocycles. The number of nitrogens with one attached hydrogen (secondary N) is 1. The second kappa shape index (κ2) is 33.1. The minimum Gasteiger partial charge on any atom is -0.508 e. The Kier molecular flexibility index (Phi) is 25.1. The molecule has 0 bridgehead atoms. The molecule has 0 spiro atoms. The summed E-state index contributed by atoms with van der Waals surface area (Å²) in [6.07, 6.45) is -30.8. The summed E-state index contributed by atoms with van der Waals surface area (Å²) in [5, 5.41) is 21.0. The van der Waals surface area contributed by atoms with E-state index >= 15 is 0 Å². The summed E-state index contributed by atoms with van der Waals surface area (Å²) < 4.78 is 299. The van der Waals surface area contributed by atoms with Crippen molar-refractivity contribution in [3.8, 4) is 34.8 Å². The highest BCUT2D eigenvalue weighted by Crippen LogP contribution is 2.48. The summed E-state index contributed by atoms with van der Waals surface area (Å²) in [7, 11) is 0. The van der Waals surface area contributed by atoms with Gasteiger partial charge in [0, 0.05) is 83.6 Å². The molecule has 1 amide bonds. The fraction of sp³-hybridized carbons (Fsp3) is 0.309. The molecule has 9 N–H and O–H groups in total. The molecule has 41 heteroatoms. The largest absolute Gasteiger partial charge is 0.508 e. The average Bonchev–Trinajstić information content (AvgIpc) is 0.782. The molecule has 4 aliphatic heterocycles. The van der Waals surface area contributed by atoms with Gasteiger partial charge in [-0.2, -0.15) is 52.7 Å². The molecule has 7 aromatic rings. The van der Waals surface area contributed by atoms with Crippen molar-refractivity contribution in [3.05, 3.63) is 208 Å².